The Labute approximate surface area is 152 Å². The number of aliphatic carboxylic acids is 2. The summed E-state index contributed by atoms with van der Waals surface area (Å²) in [6.45, 7) is 13.9. The summed E-state index contributed by atoms with van der Waals surface area (Å²) >= 11 is 0. The summed E-state index contributed by atoms with van der Waals surface area (Å²) in [7, 11) is 0. The molecule has 0 heterocycles. The van der Waals surface area contributed by atoms with Crippen LogP contribution in [0.2, 0.25) is 0 Å². The van der Waals surface area contributed by atoms with Crippen molar-refractivity contribution in [3.05, 3.63) is 0 Å². The fraction of sp³-hybridized carbons (Fsp3) is 0.789. The maximum absolute atomic E-state index is 10.4. The van der Waals surface area contributed by atoms with Crippen molar-refractivity contribution in [3.8, 4) is 0 Å². The monoisotopic (exact) mass is 360 g/mol. The fourth-order valence-electron chi connectivity index (χ4n) is 1.03. The zero-order chi connectivity index (χ0) is 20.8. The van der Waals surface area contributed by atoms with E-state index < -0.39 is 22.8 Å². The standard InChI is InChI=1S/C9H16O2.2C5H10O2/c1-3-8(6-10)5-9(4-2)7-11;2*1-5(2,3)4(6)7/h6-9H,3-5H2,1-2H3;2*1-3H3,(H,6,7). The predicted octanol–water partition coefficient (Wildman–Crippen LogP) is 4.06. The number of hydrogen-bond donors (Lipinski definition) is 2. The van der Waals surface area contributed by atoms with Gasteiger partial charge in [-0.05, 0) is 60.8 Å². The molecule has 148 valence electrons. The van der Waals surface area contributed by atoms with E-state index in [4.69, 9.17) is 10.2 Å². The Morgan fingerprint density at radius 2 is 0.960 bits per heavy atom. The van der Waals surface area contributed by atoms with Crippen LogP contribution in [0.5, 0.6) is 0 Å². The summed E-state index contributed by atoms with van der Waals surface area (Å²) in [6.07, 6.45) is 4.31. The molecule has 2 unspecified atom stereocenters. The Hall–Kier alpha value is -1.72. The molecule has 0 aromatic heterocycles. The highest BCUT2D eigenvalue weighted by molar-refractivity contribution is 5.73. The second-order valence-corrected chi connectivity index (χ2v) is 7.95. The van der Waals surface area contributed by atoms with Crippen molar-refractivity contribution < 1.29 is 29.4 Å². The zero-order valence-corrected chi connectivity index (χ0v) is 17.0. The molecule has 0 aromatic rings. The number of aldehydes is 2. The highest BCUT2D eigenvalue weighted by atomic mass is 16.4. The second kappa shape index (κ2) is 13.6. The van der Waals surface area contributed by atoms with Crippen LogP contribution in [0.15, 0.2) is 0 Å². The van der Waals surface area contributed by atoms with E-state index in [2.05, 4.69) is 0 Å². The first-order chi connectivity index (χ1) is 11.2. The minimum absolute atomic E-state index is 0.0742. The quantitative estimate of drug-likeness (QED) is 0.691. The number of carbonyl (C=O) groups excluding carboxylic acids is 2. The Morgan fingerprint density at radius 1 is 0.760 bits per heavy atom. The van der Waals surface area contributed by atoms with Crippen LogP contribution in [0.3, 0.4) is 0 Å². The van der Waals surface area contributed by atoms with Crippen molar-refractivity contribution >= 4 is 24.5 Å². The fourth-order valence-corrected chi connectivity index (χ4v) is 1.03. The van der Waals surface area contributed by atoms with E-state index in [0.717, 1.165) is 31.8 Å². The molecule has 25 heavy (non-hydrogen) atoms. The van der Waals surface area contributed by atoms with Gasteiger partial charge >= 0.3 is 11.9 Å². The molecule has 0 radical (unpaired) electrons. The molecule has 6 nitrogen and oxygen atoms in total. The number of carboxylic acids is 2. The van der Waals surface area contributed by atoms with Gasteiger partial charge in [0.1, 0.15) is 12.6 Å². The van der Waals surface area contributed by atoms with Gasteiger partial charge in [-0.25, -0.2) is 0 Å². The summed E-state index contributed by atoms with van der Waals surface area (Å²) in [5.41, 5.74) is -1.17. The number of carbonyl (C=O) groups is 4. The van der Waals surface area contributed by atoms with Gasteiger partial charge in [0.25, 0.3) is 0 Å². The lowest BCUT2D eigenvalue weighted by Crippen LogP contribution is -2.18. The molecule has 0 spiro atoms. The first kappa shape index (κ1) is 28.1. The minimum atomic E-state index is -0.757. The Morgan fingerprint density at radius 3 is 1.04 bits per heavy atom. The molecule has 0 amide bonds. The van der Waals surface area contributed by atoms with E-state index in [1.54, 1.807) is 41.5 Å². The number of carboxylic acid groups (broad SMARTS) is 2. The van der Waals surface area contributed by atoms with Crippen LogP contribution in [-0.2, 0) is 19.2 Å². The molecule has 0 aliphatic heterocycles. The van der Waals surface area contributed by atoms with Crippen molar-refractivity contribution in [2.45, 2.75) is 74.7 Å². The van der Waals surface area contributed by atoms with Gasteiger partial charge in [-0.15, -0.1) is 0 Å². The van der Waals surface area contributed by atoms with Crippen molar-refractivity contribution in [1.82, 2.24) is 0 Å². The summed E-state index contributed by atoms with van der Waals surface area (Å²) in [4.78, 5) is 40.8. The van der Waals surface area contributed by atoms with Gasteiger partial charge < -0.3 is 19.8 Å². The van der Waals surface area contributed by atoms with E-state index in [9.17, 15) is 19.2 Å². The zero-order valence-electron chi connectivity index (χ0n) is 17.0. The molecule has 0 fully saturated rings. The lowest BCUT2D eigenvalue weighted by Gasteiger charge is -2.10. The van der Waals surface area contributed by atoms with Gasteiger partial charge in [-0.3, -0.25) is 9.59 Å². The first-order valence-corrected chi connectivity index (χ1v) is 8.54. The highest BCUT2D eigenvalue weighted by Gasteiger charge is 2.19. The molecule has 2 N–H and O–H groups in total. The van der Waals surface area contributed by atoms with Crippen molar-refractivity contribution in [2.75, 3.05) is 0 Å². The van der Waals surface area contributed by atoms with E-state index >= 15 is 0 Å². The summed E-state index contributed by atoms with van der Waals surface area (Å²) in [5.74, 6) is -1.37. The average Bonchev–Trinajstić information content (AvgIpc) is 2.48. The molecule has 0 aromatic carbocycles. The topological polar surface area (TPSA) is 109 Å². The lowest BCUT2D eigenvalue weighted by atomic mass is 9.93. The third kappa shape index (κ3) is 18.5. The molecule has 0 aliphatic rings. The van der Waals surface area contributed by atoms with E-state index in [0.29, 0.717) is 0 Å². The van der Waals surface area contributed by atoms with Crippen LogP contribution in [0, 0.1) is 22.7 Å². The van der Waals surface area contributed by atoms with Gasteiger partial charge in [-0.1, -0.05) is 13.8 Å². The van der Waals surface area contributed by atoms with E-state index in [-0.39, 0.29) is 11.8 Å². The molecule has 6 heteroatoms. The highest BCUT2D eigenvalue weighted by Crippen LogP contribution is 2.14. The minimum Gasteiger partial charge on any atom is -0.481 e. The lowest BCUT2D eigenvalue weighted by molar-refractivity contribution is -0.146. The molecule has 2 atom stereocenters. The normalized spacial score (nSPS) is 13.1. The van der Waals surface area contributed by atoms with Gasteiger partial charge in [0.2, 0.25) is 0 Å². The van der Waals surface area contributed by atoms with Crippen molar-refractivity contribution in [3.63, 3.8) is 0 Å². The largest absolute Gasteiger partial charge is 0.481 e. The first-order valence-electron chi connectivity index (χ1n) is 8.54. The molecule has 0 aliphatic carbocycles. The van der Waals surface area contributed by atoms with Crippen molar-refractivity contribution in [2.24, 2.45) is 22.7 Å². The maximum Gasteiger partial charge on any atom is 0.308 e. The van der Waals surface area contributed by atoms with Crippen LogP contribution in [0.1, 0.15) is 74.7 Å². The van der Waals surface area contributed by atoms with Crippen LogP contribution in [0.4, 0.5) is 0 Å². The van der Waals surface area contributed by atoms with Crippen molar-refractivity contribution in [1.29, 1.82) is 0 Å². The van der Waals surface area contributed by atoms with Gasteiger partial charge in [0.05, 0.1) is 10.8 Å². The number of rotatable bonds is 6. The maximum atomic E-state index is 10.4. The molecular weight excluding hydrogens is 324 g/mol. The van der Waals surface area contributed by atoms with Crippen LogP contribution < -0.4 is 0 Å². The van der Waals surface area contributed by atoms with Gasteiger partial charge in [-0.2, -0.15) is 0 Å². The SMILES string of the molecule is CC(C)(C)C(=O)O.CC(C)(C)C(=O)O.CCC(C=O)CC(C=O)CC. The molecular formula is C19H36O6. The van der Waals surface area contributed by atoms with E-state index in [1.807, 2.05) is 13.8 Å². The third-order valence-corrected chi connectivity index (χ3v) is 3.32. The number of hydrogen-bond acceptors (Lipinski definition) is 4. The third-order valence-electron chi connectivity index (χ3n) is 3.32. The average molecular weight is 360 g/mol. The van der Waals surface area contributed by atoms with Crippen LogP contribution in [0.25, 0.3) is 0 Å². The Balaban J connectivity index is -0.000000304. The second-order valence-electron chi connectivity index (χ2n) is 7.95. The van der Waals surface area contributed by atoms with E-state index in [1.165, 1.54) is 0 Å². The molecule has 0 saturated heterocycles. The summed E-state index contributed by atoms with van der Waals surface area (Å²) in [5, 5.41) is 16.5. The molecule has 0 saturated carbocycles. The Kier molecular flexibility index (Phi) is 15.2. The molecule has 0 rings (SSSR count). The summed E-state index contributed by atoms with van der Waals surface area (Å²) < 4.78 is 0. The molecule has 0 bridgehead atoms. The Bertz CT molecular complexity index is 363. The smallest absolute Gasteiger partial charge is 0.308 e. The van der Waals surface area contributed by atoms with Gasteiger partial charge in [0, 0.05) is 11.8 Å². The van der Waals surface area contributed by atoms with Crippen LogP contribution in [-0.4, -0.2) is 34.7 Å². The predicted molar refractivity (Wildman–Crippen MR) is 98.5 cm³/mol. The van der Waals surface area contributed by atoms with Crippen LogP contribution >= 0.6 is 0 Å². The summed E-state index contributed by atoms with van der Waals surface area (Å²) in [6, 6.07) is 0. The van der Waals surface area contributed by atoms with Gasteiger partial charge in [0.15, 0.2) is 0 Å².